The first-order valence-corrected chi connectivity index (χ1v) is 11.6. The maximum absolute atomic E-state index is 13.8. The van der Waals surface area contributed by atoms with Gasteiger partial charge in [0.15, 0.2) is 46.5 Å². The number of benzene rings is 4. The molecule has 4 rings (SSSR count). The van der Waals surface area contributed by atoms with Crippen molar-refractivity contribution in [1.82, 2.24) is 0 Å². The highest BCUT2D eigenvalue weighted by atomic mass is 79.9. The molecule has 0 aliphatic rings. The van der Waals surface area contributed by atoms with Crippen molar-refractivity contribution < 1.29 is 44.6 Å². The molecular formula is C28H15BrF8N2O2. The van der Waals surface area contributed by atoms with E-state index in [9.17, 15) is 35.1 Å². The lowest BCUT2D eigenvalue weighted by atomic mass is 10.0. The van der Waals surface area contributed by atoms with Crippen LogP contribution in [0.2, 0.25) is 0 Å². The van der Waals surface area contributed by atoms with Gasteiger partial charge in [0.05, 0.1) is 19.8 Å². The number of nitrogens with zero attached hydrogens (tertiary/aromatic N) is 2. The Bertz CT molecular complexity index is 1560. The first kappa shape index (κ1) is 32.6. The lowest BCUT2D eigenvalue weighted by molar-refractivity contribution is 0.414. The molecule has 0 saturated heterocycles. The van der Waals surface area contributed by atoms with Gasteiger partial charge in [-0.3, -0.25) is 0 Å². The Balaban J connectivity index is 0.000000237. The summed E-state index contributed by atoms with van der Waals surface area (Å²) < 4.78 is 115. The molecule has 0 fully saturated rings. The van der Waals surface area contributed by atoms with Crippen LogP contribution >= 0.6 is 15.9 Å². The molecule has 4 aromatic carbocycles. The number of ether oxygens (including phenoxy) is 2. The van der Waals surface area contributed by atoms with Gasteiger partial charge in [-0.25, -0.2) is 35.1 Å². The van der Waals surface area contributed by atoms with Gasteiger partial charge in [-0.15, -0.1) is 0 Å². The fraction of sp³-hybridized carbons (Fsp3) is 0.0714. The first-order chi connectivity index (χ1) is 19.4. The third kappa shape index (κ3) is 7.74. The van der Waals surface area contributed by atoms with E-state index < -0.39 is 63.2 Å². The summed E-state index contributed by atoms with van der Waals surface area (Å²) in [5.74, 6) is -11.8. The third-order valence-electron chi connectivity index (χ3n) is 5.03. The van der Waals surface area contributed by atoms with E-state index in [-0.39, 0.29) is 11.6 Å². The summed E-state index contributed by atoms with van der Waals surface area (Å²) in [5.41, 5.74) is -3.45. The zero-order valence-corrected chi connectivity index (χ0v) is 22.4. The lowest BCUT2D eigenvalue weighted by Crippen LogP contribution is -2.03. The molecule has 0 aliphatic heterocycles. The Kier molecular flexibility index (Phi) is 11.7. The topological polar surface area (TPSA) is 66.0 Å². The standard InChI is InChI=1S/C14H7F4NO.C7H7BrO.C7HF4N/c1-20-8-4-2-7(3-5-8)10-13(17)11(15)9(6-19)12(16)14(10)18;1-9-7-4-2-6(8)3-5-7;8-4-1-5(9)7(11)3(2-12)6(4)10/h2-5H,1H3;2-5H,1H3;1H. The summed E-state index contributed by atoms with van der Waals surface area (Å²) >= 11 is 3.32. The Hall–Kier alpha value is -4.62. The van der Waals surface area contributed by atoms with E-state index in [0.717, 1.165) is 22.4 Å². The van der Waals surface area contributed by atoms with E-state index in [2.05, 4.69) is 15.9 Å². The fourth-order valence-electron chi connectivity index (χ4n) is 2.98. The van der Waals surface area contributed by atoms with Crippen LogP contribution in [0.5, 0.6) is 11.5 Å². The summed E-state index contributed by atoms with van der Waals surface area (Å²) in [5, 5.41) is 16.6. The van der Waals surface area contributed by atoms with Crippen molar-refractivity contribution in [2.75, 3.05) is 14.2 Å². The van der Waals surface area contributed by atoms with Gasteiger partial charge in [-0.2, -0.15) is 10.5 Å². The van der Waals surface area contributed by atoms with Crippen LogP contribution in [0.25, 0.3) is 11.1 Å². The average molecular weight is 643 g/mol. The number of rotatable bonds is 3. The van der Waals surface area contributed by atoms with Gasteiger partial charge >= 0.3 is 0 Å². The van der Waals surface area contributed by atoms with Gasteiger partial charge in [-0.05, 0) is 42.0 Å². The van der Waals surface area contributed by atoms with Gasteiger partial charge in [0.1, 0.15) is 34.8 Å². The van der Waals surface area contributed by atoms with Gasteiger partial charge in [0, 0.05) is 10.5 Å². The molecule has 0 spiro atoms. The molecule has 0 aromatic heterocycles. The molecule has 4 aromatic rings. The molecule has 0 aliphatic carbocycles. The minimum absolute atomic E-state index is 0.0471. The van der Waals surface area contributed by atoms with Crippen LogP contribution in [0.3, 0.4) is 0 Å². The summed E-state index contributed by atoms with van der Waals surface area (Å²) in [7, 11) is 3.06. The Labute approximate surface area is 236 Å². The predicted molar refractivity (Wildman–Crippen MR) is 135 cm³/mol. The normalized spacial score (nSPS) is 9.78. The zero-order valence-electron chi connectivity index (χ0n) is 20.8. The number of halogens is 9. The summed E-state index contributed by atoms with van der Waals surface area (Å²) in [6, 6.07) is 15.1. The van der Waals surface area contributed by atoms with Crippen molar-refractivity contribution in [3.63, 3.8) is 0 Å². The molecule has 0 radical (unpaired) electrons. The minimum Gasteiger partial charge on any atom is -0.497 e. The third-order valence-corrected chi connectivity index (χ3v) is 5.56. The van der Waals surface area contributed by atoms with E-state index in [1.807, 2.05) is 24.3 Å². The van der Waals surface area contributed by atoms with Gasteiger partial charge < -0.3 is 9.47 Å². The van der Waals surface area contributed by atoms with Crippen LogP contribution < -0.4 is 9.47 Å². The maximum Gasteiger partial charge on any atom is 0.180 e. The van der Waals surface area contributed by atoms with E-state index in [1.54, 1.807) is 7.11 Å². The number of nitriles is 2. The quantitative estimate of drug-likeness (QED) is 0.166. The molecule has 4 nitrogen and oxygen atoms in total. The lowest BCUT2D eigenvalue weighted by Gasteiger charge is -2.09. The summed E-state index contributed by atoms with van der Waals surface area (Å²) in [4.78, 5) is 0. The molecule has 212 valence electrons. The largest absolute Gasteiger partial charge is 0.497 e. The number of hydrogen-bond acceptors (Lipinski definition) is 4. The monoisotopic (exact) mass is 642 g/mol. The maximum atomic E-state index is 13.8. The molecule has 0 atom stereocenters. The highest BCUT2D eigenvalue weighted by Gasteiger charge is 2.26. The van der Waals surface area contributed by atoms with Crippen molar-refractivity contribution >= 4 is 15.9 Å². The van der Waals surface area contributed by atoms with Crippen molar-refractivity contribution in [3.05, 3.63) is 117 Å². The first-order valence-electron chi connectivity index (χ1n) is 10.8. The molecule has 0 saturated carbocycles. The van der Waals surface area contributed by atoms with Crippen LogP contribution in [-0.2, 0) is 0 Å². The molecule has 13 heteroatoms. The molecule has 0 unspecified atom stereocenters. The molecule has 0 heterocycles. The second-order valence-corrected chi connectivity index (χ2v) is 8.37. The van der Waals surface area contributed by atoms with Crippen molar-refractivity contribution in [1.29, 1.82) is 10.5 Å². The van der Waals surface area contributed by atoms with E-state index in [4.69, 9.17) is 20.0 Å². The van der Waals surface area contributed by atoms with Gasteiger partial charge in [-0.1, -0.05) is 28.1 Å². The van der Waals surface area contributed by atoms with Crippen LogP contribution in [0, 0.1) is 69.2 Å². The van der Waals surface area contributed by atoms with Crippen LogP contribution in [0.1, 0.15) is 11.1 Å². The van der Waals surface area contributed by atoms with E-state index in [1.165, 1.54) is 31.4 Å². The van der Waals surface area contributed by atoms with Crippen LogP contribution in [-0.4, -0.2) is 14.2 Å². The second kappa shape index (κ2) is 14.7. The average Bonchev–Trinajstić information content (AvgIpc) is 2.97. The fourth-order valence-corrected chi connectivity index (χ4v) is 3.25. The molecule has 0 amide bonds. The number of methoxy groups -OCH3 is 2. The highest BCUT2D eigenvalue weighted by molar-refractivity contribution is 9.10. The molecule has 41 heavy (non-hydrogen) atoms. The van der Waals surface area contributed by atoms with Crippen molar-refractivity contribution in [2.45, 2.75) is 0 Å². The summed E-state index contributed by atoms with van der Waals surface area (Å²) in [6.45, 7) is 0. The van der Waals surface area contributed by atoms with Crippen LogP contribution in [0.4, 0.5) is 35.1 Å². The SMILES string of the molecule is COc1ccc(-c2c(F)c(F)c(C#N)c(F)c2F)cc1.COc1ccc(Br)cc1.N#Cc1c(F)c(F)cc(F)c1F. The predicted octanol–water partition coefficient (Wildman–Crippen LogP) is 8.36. The molecule has 0 N–H and O–H groups in total. The zero-order chi connectivity index (χ0) is 30.9. The molecule has 0 bridgehead atoms. The highest BCUT2D eigenvalue weighted by Crippen LogP contribution is 2.32. The summed E-state index contributed by atoms with van der Waals surface area (Å²) in [6.07, 6.45) is 0. The second-order valence-electron chi connectivity index (χ2n) is 7.46. The Morgan fingerprint density at radius 3 is 1.29 bits per heavy atom. The van der Waals surface area contributed by atoms with Gasteiger partial charge in [0.25, 0.3) is 0 Å². The van der Waals surface area contributed by atoms with Crippen molar-refractivity contribution in [3.8, 4) is 34.8 Å². The minimum atomic E-state index is -1.71. The van der Waals surface area contributed by atoms with Crippen LogP contribution in [0.15, 0.2) is 59.1 Å². The number of hydrogen-bond donors (Lipinski definition) is 0. The Morgan fingerprint density at radius 2 is 0.927 bits per heavy atom. The smallest absolute Gasteiger partial charge is 0.180 e. The van der Waals surface area contributed by atoms with Crippen molar-refractivity contribution in [2.24, 2.45) is 0 Å². The van der Waals surface area contributed by atoms with E-state index >= 15 is 0 Å². The molecular weight excluding hydrogens is 628 g/mol. The van der Waals surface area contributed by atoms with E-state index in [0.29, 0.717) is 5.75 Å². The Morgan fingerprint density at radius 1 is 0.561 bits per heavy atom. The van der Waals surface area contributed by atoms with Gasteiger partial charge in [0.2, 0.25) is 0 Å².